The van der Waals surface area contributed by atoms with Gasteiger partial charge in [-0.3, -0.25) is 4.98 Å². The number of hydrogen-bond acceptors (Lipinski definition) is 4. The number of ether oxygens (including phenoxy) is 1. The number of halogens is 4. The van der Waals surface area contributed by atoms with Crippen LogP contribution in [0.1, 0.15) is 5.56 Å². The van der Waals surface area contributed by atoms with Crippen LogP contribution in [0.3, 0.4) is 0 Å². The molecule has 1 aliphatic heterocycles. The molecule has 3 rings (SSSR count). The molecule has 0 fully saturated rings. The van der Waals surface area contributed by atoms with Crippen LogP contribution >= 0.6 is 23.2 Å². The van der Waals surface area contributed by atoms with Crippen molar-refractivity contribution in [1.29, 1.82) is 0 Å². The number of aromatic nitrogens is 1. The molecule has 0 unspecified atom stereocenters. The van der Waals surface area contributed by atoms with Crippen LogP contribution in [0.4, 0.5) is 8.78 Å². The number of sulfone groups is 1. The van der Waals surface area contributed by atoms with Crippen molar-refractivity contribution in [1.82, 2.24) is 4.98 Å². The van der Waals surface area contributed by atoms with Crippen LogP contribution < -0.4 is 4.74 Å². The average molecular weight is 366 g/mol. The quantitative estimate of drug-likeness (QED) is 0.803. The summed E-state index contributed by atoms with van der Waals surface area (Å²) in [5.74, 6) is 0.305. The van der Waals surface area contributed by atoms with Gasteiger partial charge in [-0.2, -0.15) is 8.78 Å². The zero-order chi connectivity index (χ0) is 16.1. The molecule has 0 N–H and O–H groups in total. The fourth-order valence-corrected chi connectivity index (χ4v) is 4.01. The third-order valence-corrected chi connectivity index (χ3v) is 5.65. The van der Waals surface area contributed by atoms with Gasteiger partial charge in [0.25, 0.3) is 0 Å². The first-order chi connectivity index (χ1) is 10.2. The Morgan fingerprint density at radius 2 is 1.95 bits per heavy atom. The van der Waals surface area contributed by atoms with Crippen LogP contribution in [-0.4, -0.2) is 18.7 Å². The van der Waals surface area contributed by atoms with E-state index in [1.165, 1.54) is 24.5 Å². The van der Waals surface area contributed by atoms with Gasteiger partial charge in [0.15, 0.2) is 0 Å². The Bertz CT molecular complexity index is 872. The van der Waals surface area contributed by atoms with Crippen molar-refractivity contribution in [3.63, 3.8) is 0 Å². The molecule has 0 atom stereocenters. The molecule has 1 aliphatic rings. The molecular weight excluding hydrogens is 359 g/mol. The van der Waals surface area contributed by atoms with Gasteiger partial charge in [-0.05, 0) is 12.1 Å². The zero-order valence-electron chi connectivity index (χ0n) is 10.7. The summed E-state index contributed by atoms with van der Waals surface area (Å²) >= 11 is 11.8. The number of pyridine rings is 1. The maximum absolute atomic E-state index is 13.6. The SMILES string of the molecule is O=S1(=O)c2ccc(Oc3cncc(Cl)c3)c(Cl)c2CC1(F)F. The first-order valence-corrected chi connectivity index (χ1v) is 8.18. The largest absolute Gasteiger partial charge is 0.454 e. The van der Waals surface area contributed by atoms with Gasteiger partial charge in [-0.25, -0.2) is 8.42 Å². The molecule has 2 aromatic rings. The lowest BCUT2D eigenvalue weighted by Crippen LogP contribution is -2.24. The number of hydrogen-bond donors (Lipinski definition) is 0. The summed E-state index contributed by atoms with van der Waals surface area (Å²) < 4.78 is 56.0. The van der Waals surface area contributed by atoms with Gasteiger partial charge in [0.2, 0.25) is 9.84 Å². The number of benzene rings is 1. The monoisotopic (exact) mass is 365 g/mol. The van der Waals surface area contributed by atoms with Crippen LogP contribution in [-0.2, 0) is 16.3 Å². The molecule has 0 spiro atoms. The fraction of sp³-hybridized carbons (Fsp3) is 0.154. The van der Waals surface area contributed by atoms with Crippen molar-refractivity contribution in [2.75, 3.05) is 0 Å². The third kappa shape index (κ3) is 2.33. The molecule has 0 saturated carbocycles. The van der Waals surface area contributed by atoms with E-state index in [1.807, 2.05) is 0 Å². The Kier molecular flexibility index (Phi) is 3.54. The summed E-state index contributed by atoms with van der Waals surface area (Å²) in [6, 6.07) is 3.75. The summed E-state index contributed by atoms with van der Waals surface area (Å²) in [5, 5.41) is -3.71. The molecule has 1 aromatic heterocycles. The molecule has 0 aliphatic carbocycles. The van der Waals surface area contributed by atoms with E-state index in [2.05, 4.69) is 4.98 Å². The van der Waals surface area contributed by atoms with Crippen LogP contribution in [0.25, 0.3) is 0 Å². The van der Waals surface area contributed by atoms with E-state index in [0.717, 1.165) is 6.07 Å². The lowest BCUT2D eigenvalue weighted by molar-refractivity contribution is 0.0983. The van der Waals surface area contributed by atoms with E-state index in [9.17, 15) is 17.2 Å². The molecule has 0 radical (unpaired) electrons. The lowest BCUT2D eigenvalue weighted by atomic mass is 10.1. The second kappa shape index (κ2) is 5.04. The van der Waals surface area contributed by atoms with Crippen molar-refractivity contribution in [3.05, 3.63) is 46.2 Å². The summed E-state index contributed by atoms with van der Waals surface area (Å²) in [6.07, 6.45) is 1.78. The van der Waals surface area contributed by atoms with E-state index in [-0.39, 0.29) is 22.1 Å². The Morgan fingerprint density at radius 3 is 2.64 bits per heavy atom. The molecule has 0 amide bonds. The van der Waals surface area contributed by atoms with E-state index in [4.69, 9.17) is 27.9 Å². The smallest absolute Gasteiger partial charge is 0.354 e. The van der Waals surface area contributed by atoms with Crippen molar-refractivity contribution < 1.29 is 21.9 Å². The minimum absolute atomic E-state index is 0.0531. The molecular formula is C13H7Cl2F2NO3S. The third-order valence-electron chi connectivity index (χ3n) is 3.14. The van der Waals surface area contributed by atoms with Crippen LogP contribution in [0.15, 0.2) is 35.5 Å². The van der Waals surface area contributed by atoms with Crippen LogP contribution in [0.5, 0.6) is 11.5 Å². The first-order valence-electron chi connectivity index (χ1n) is 5.94. The Labute approximate surface area is 134 Å². The highest BCUT2D eigenvalue weighted by Gasteiger charge is 2.54. The van der Waals surface area contributed by atoms with Gasteiger partial charge in [0, 0.05) is 17.8 Å². The number of fused-ring (bicyclic) bond motifs is 1. The molecule has 2 heterocycles. The van der Waals surface area contributed by atoms with Gasteiger partial charge in [0.1, 0.15) is 11.5 Å². The minimum Gasteiger partial charge on any atom is -0.454 e. The number of rotatable bonds is 2. The Hall–Kier alpha value is -1.44. The average Bonchev–Trinajstić information content (AvgIpc) is 2.60. The van der Waals surface area contributed by atoms with Crippen LogP contribution in [0, 0.1) is 0 Å². The fourth-order valence-electron chi connectivity index (χ4n) is 2.11. The Balaban J connectivity index is 2.05. The van der Waals surface area contributed by atoms with Crippen LogP contribution in [0.2, 0.25) is 10.0 Å². The molecule has 9 heteroatoms. The maximum atomic E-state index is 13.6. The Morgan fingerprint density at radius 1 is 1.23 bits per heavy atom. The lowest BCUT2D eigenvalue weighted by Gasteiger charge is -2.09. The molecule has 4 nitrogen and oxygen atoms in total. The topological polar surface area (TPSA) is 56.3 Å². The standard InChI is InChI=1S/C13H7Cl2F2NO3S/c14-7-3-8(6-18-5-7)21-10-1-2-11-9(12(10)15)4-13(16,17)22(11,19)20/h1-3,5-6H,4H2. The maximum Gasteiger partial charge on any atom is 0.354 e. The first kappa shape index (κ1) is 15.5. The highest BCUT2D eigenvalue weighted by Crippen LogP contribution is 2.47. The van der Waals surface area contributed by atoms with Gasteiger partial charge >= 0.3 is 5.25 Å². The summed E-state index contributed by atoms with van der Waals surface area (Å²) in [6.45, 7) is 0. The predicted molar refractivity (Wildman–Crippen MR) is 76.6 cm³/mol. The van der Waals surface area contributed by atoms with E-state index in [0.29, 0.717) is 5.02 Å². The molecule has 22 heavy (non-hydrogen) atoms. The highest BCUT2D eigenvalue weighted by molar-refractivity contribution is 7.92. The molecule has 116 valence electrons. The van der Waals surface area contributed by atoms with Crippen molar-refractivity contribution >= 4 is 33.0 Å². The van der Waals surface area contributed by atoms with Crippen molar-refractivity contribution in [2.24, 2.45) is 0 Å². The summed E-state index contributed by atoms with van der Waals surface area (Å²) in [7, 11) is -4.71. The summed E-state index contributed by atoms with van der Waals surface area (Å²) in [4.78, 5) is 3.34. The number of nitrogens with zero attached hydrogens (tertiary/aromatic N) is 1. The minimum atomic E-state index is -4.71. The van der Waals surface area contributed by atoms with E-state index >= 15 is 0 Å². The van der Waals surface area contributed by atoms with Crippen molar-refractivity contribution in [2.45, 2.75) is 16.6 Å². The van der Waals surface area contributed by atoms with Gasteiger partial charge in [0.05, 0.1) is 27.6 Å². The summed E-state index contributed by atoms with van der Waals surface area (Å²) in [5.41, 5.74) is -0.154. The predicted octanol–water partition coefficient (Wildman–Crippen LogP) is 4.10. The van der Waals surface area contributed by atoms with Gasteiger partial charge < -0.3 is 4.74 Å². The van der Waals surface area contributed by atoms with Gasteiger partial charge in [-0.15, -0.1) is 0 Å². The molecule has 1 aromatic carbocycles. The molecule has 0 bridgehead atoms. The molecule has 0 saturated heterocycles. The number of alkyl halides is 2. The zero-order valence-corrected chi connectivity index (χ0v) is 13.0. The highest BCUT2D eigenvalue weighted by atomic mass is 35.5. The normalized spacial score (nSPS) is 18.0. The van der Waals surface area contributed by atoms with E-state index < -0.39 is 26.4 Å². The van der Waals surface area contributed by atoms with E-state index in [1.54, 1.807) is 0 Å². The second-order valence-electron chi connectivity index (χ2n) is 4.61. The van der Waals surface area contributed by atoms with Gasteiger partial charge in [-0.1, -0.05) is 23.2 Å². The van der Waals surface area contributed by atoms with Crippen molar-refractivity contribution in [3.8, 4) is 11.5 Å². The second-order valence-corrected chi connectivity index (χ2v) is 7.47.